The smallest absolute Gasteiger partial charge is 0.361 e. The zero-order valence-corrected chi connectivity index (χ0v) is 24.8. The molecule has 0 radical (unpaired) electrons. The highest BCUT2D eigenvalue weighted by Gasteiger charge is 2.34. The van der Waals surface area contributed by atoms with Gasteiger partial charge in [-0.15, -0.1) is 11.8 Å². The summed E-state index contributed by atoms with van der Waals surface area (Å²) in [5, 5.41) is 8.51. The number of fused-ring (bicyclic) bond motifs is 1. The maximum atomic E-state index is 13.5. The first-order valence-electron chi connectivity index (χ1n) is 13.4. The van der Waals surface area contributed by atoms with E-state index in [4.69, 9.17) is 11.6 Å². The van der Waals surface area contributed by atoms with Crippen LogP contribution in [0.15, 0.2) is 114 Å². The molecule has 5 rings (SSSR count). The zero-order valence-electron chi connectivity index (χ0n) is 23.2. The number of carbonyl (C=O) groups excluding carboxylic acids is 3. The van der Waals surface area contributed by atoms with Crippen LogP contribution in [0.25, 0.3) is 17.0 Å². The fraction of sp³-hybridized carbons (Fsp3) is 0.0606. The summed E-state index contributed by atoms with van der Waals surface area (Å²) in [6, 6.07) is 25.7. The van der Waals surface area contributed by atoms with Gasteiger partial charge in [-0.05, 0) is 60.7 Å². The molecular formula is C33H24ClF3N4O3S. The molecule has 5 aromatic rings. The quantitative estimate of drug-likeness (QED) is 0.0961. The van der Waals surface area contributed by atoms with Gasteiger partial charge in [0.25, 0.3) is 11.8 Å². The maximum absolute atomic E-state index is 13.5. The van der Waals surface area contributed by atoms with Crippen LogP contribution >= 0.6 is 23.4 Å². The van der Waals surface area contributed by atoms with E-state index in [0.717, 1.165) is 34.8 Å². The van der Waals surface area contributed by atoms with Crippen molar-refractivity contribution in [1.82, 2.24) is 10.3 Å². The minimum absolute atomic E-state index is 0.00512. The van der Waals surface area contributed by atoms with Gasteiger partial charge in [0, 0.05) is 43.8 Å². The van der Waals surface area contributed by atoms with Crippen molar-refractivity contribution in [3.8, 4) is 0 Å². The summed E-state index contributed by atoms with van der Waals surface area (Å²) in [4.78, 5) is 42.7. The molecule has 0 saturated heterocycles. The molecule has 0 unspecified atom stereocenters. The molecule has 45 heavy (non-hydrogen) atoms. The lowest BCUT2D eigenvalue weighted by atomic mass is 10.1. The normalized spacial score (nSPS) is 11.7. The molecule has 228 valence electrons. The predicted octanol–water partition coefficient (Wildman–Crippen LogP) is 7.98. The van der Waals surface area contributed by atoms with E-state index in [1.807, 2.05) is 24.3 Å². The summed E-state index contributed by atoms with van der Waals surface area (Å²) in [6.07, 6.45) is -1.39. The molecule has 0 aliphatic carbocycles. The minimum atomic E-state index is -4.70. The molecule has 1 heterocycles. The second-order valence-electron chi connectivity index (χ2n) is 9.67. The number of H-pyrrole nitrogens is 1. The third-order valence-electron chi connectivity index (χ3n) is 6.47. The first-order chi connectivity index (χ1) is 21.6. The number of para-hydroxylation sites is 1. The average Bonchev–Trinajstić information content (AvgIpc) is 3.43. The number of hydrogen-bond acceptors (Lipinski definition) is 4. The first-order valence-corrected chi connectivity index (χ1v) is 14.8. The average molecular weight is 649 g/mol. The van der Waals surface area contributed by atoms with E-state index in [0.29, 0.717) is 21.7 Å². The first kappa shape index (κ1) is 31.4. The van der Waals surface area contributed by atoms with Gasteiger partial charge >= 0.3 is 6.18 Å². The Kier molecular flexibility index (Phi) is 9.60. The number of nitrogens with one attached hydrogen (secondary N) is 4. The van der Waals surface area contributed by atoms with E-state index in [1.54, 1.807) is 66.9 Å². The van der Waals surface area contributed by atoms with Crippen LogP contribution in [-0.2, 0) is 15.8 Å². The summed E-state index contributed by atoms with van der Waals surface area (Å²) in [5.41, 5.74) is 0.842. The Labute approximate surface area is 264 Å². The number of hydrogen-bond donors (Lipinski definition) is 4. The number of aromatic amines is 1. The molecule has 3 amide bonds. The molecule has 0 aliphatic heterocycles. The van der Waals surface area contributed by atoms with Crippen molar-refractivity contribution in [1.29, 1.82) is 0 Å². The maximum Gasteiger partial charge on any atom is 0.418 e. The number of alkyl halides is 3. The number of thioether (sulfide) groups is 1. The van der Waals surface area contributed by atoms with E-state index in [-0.39, 0.29) is 16.5 Å². The topological polar surface area (TPSA) is 103 Å². The number of carbonyl (C=O) groups is 3. The van der Waals surface area contributed by atoms with Crippen LogP contribution < -0.4 is 16.0 Å². The summed E-state index contributed by atoms with van der Waals surface area (Å²) in [6.45, 7) is 0. The Hall–Kier alpha value is -5.00. The molecule has 7 nitrogen and oxygen atoms in total. The third-order valence-corrected chi connectivity index (χ3v) is 7.70. The zero-order chi connectivity index (χ0) is 32.0. The van der Waals surface area contributed by atoms with Gasteiger partial charge in [-0.2, -0.15) is 13.2 Å². The highest BCUT2D eigenvalue weighted by molar-refractivity contribution is 8.00. The van der Waals surface area contributed by atoms with Crippen molar-refractivity contribution >= 4 is 69.4 Å². The molecule has 0 bridgehead atoms. The molecule has 4 aromatic carbocycles. The lowest BCUT2D eigenvalue weighted by Gasteiger charge is -2.14. The Bertz CT molecular complexity index is 1910. The van der Waals surface area contributed by atoms with Gasteiger partial charge in [0.2, 0.25) is 5.91 Å². The van der Waals surface area contributed by atoms with E-state index >= 15 is 0 Å². The number of benzene rings is 4. The van der Waals surface area contributed by atoms with Crippen molar-refractivity contribution in [3.05, 3.63) is 131 Å². The number of anilines is 2. The van der Waals surface area contributed by atoms with Crippen molar-refractivity contribution in [3.63, 3.8) is 0 Å². The van der Waals surface area contributed by atoms with Crippen LogP contribution in [-0.4, -0.2) is 28.5 Å². The molecule has 4 N–H and O–H groups in total. The summed E-state index contributed by atoms with van der Waals surface area (Å²) >= 11 is 6.78. The lowest BCUT2D eigenvalue weighted by molar-refractivity contribution is -0.137. The number of rotatable bonds is 9. The van der Waals surface area contributed by atoms with Gasteiger partial charge in [-0.3, -0.25) is 14.4 Å². The fourth-order valence-corrected chi connectivity index (χ4v) is 5.30. The molecule has 0 spiro atoms. The Morgan fingerprint density at radius 1 is 0.867 bits per heavy atom. The van der Waals surface area contributed by atoms with E-state index < -0.39 is 35.1 Å². The SMILES string of the molecule is O=C(CSc1cccc(NC(=O)/C(=C/c2c[nH]c3ccccc23)NC(=O)c2ccccc2)c1)Nc1ccc(Cl)cc1C(F)(F)F. The van der Waals surface area contributed by atoms with Crippen molar-refractivity contribution in [2.45, 2.75) is 11.1 Å². The van der Waals surface area contributed by atoms with Crippen molar-refractivity contribution < 1.29 is 27.6 Å². The summed E-state index contributed by atoms with van der Waals surface area (Å²) in [7, 11) is 0. The molecular weight excluding hydrogens is 625 g/mol. The monoisotopic (exact) mass is 648 g/mol. The molecule has 0 fully saturated rings. The molecule has 1 aromatic heterocycles. The number of aromatic nitrogens is 1. The number of halogens is 4. The Morgan fingerprint density at radius 2 is 1.62 bits per heavy atom. The summed E-state index contributed by atoms with van der Waals surface area (Å²) < 4.78 is 40.2. The van der Waals surface area contributed by atoms with Gasteiger partial charge in [-0.1, -0.05) is 54.1 Å². The van der Waals surface area contributed by atoms with Crippen LogP contribution in [0.1, 0.15) is 21.5 Å². The molecule has 0 saturated carbocycles. The lowest BCUT2D eigenvalue weighted by Crippen LogP contribution is -2.30. The second kappa shape index (κ2) is 13.7. The highest BCUT2D eigenvalue weighted by atomic mass is 35.5. The van der Waals surface area contributed by atoms with Crippen molar-refractivity contribution in [2.24, 2.45) is 0 Å². The minimum Gasteiger partial charge on any atom is -0.361 e. The van der Waals surface area contributed by atoms with Gasteiger partial charge in [0.1, 0.15) is 5.70 Å². The predicted molar refractivity (Wildman–Crippen MR) is 171 cm³/mol. The van der Waals surface area contributed by atoms with Gasteiger partial charge in [-0.25, -0.2) is 0 Å². The standard InChI is InChI=1S/C33H24ClF3N4O3S/c34-22-13-14-28(26(16-22)33(35,36)37)40-30(42)19-45-24-10-6-9-23(17-24)39-32(44)29(41-31(43)20-7-2-1-3-8-20)15-21-18-38-27-12-5-4-11-25(21)27/h1-18,38H,19H2,(H,39,44)(H,40,42)(H,41,43)/b29-15-. The fourth-order valence-electron chi connectivity index (χ4n) is 4.37. The number of amides is 3. The highest BCUT2D eigenvalue weighted by Crippen LogP contribution is 2.36. The molecule has 12 heteroatoms. The largest absolute Gasteiger partial charge is 0.418 e. The molecule has 0 atom stereocenters. The second-order valence-corrected chi connectivity index (χ2v) is 11.2. The summed E-state index contributed by atoms with van der Waals surface area (Å²) in [5.74, 6) is -1.92. The molecule has 0 aliphatic rings. The van der Waals surface area contributed by atoms with Crippen LogP contribution in [0.2, 0.25) is 5.02 Å². The van der Waals surface area contributed by atoms with Crippen molar-refractivity contribution in [2.75, 3.05) is 16.4 Å². The van der Waals surface area contributed by atoms with Crippen LogP contribution in [0.5, 0.6) is 0 Å². The third kappa shape index (κ3) is 8.14. The van der Waals surface area contributed by atoms with Gasteiger partial charge in [0.05, 0.1) is 17.0 Å². The van der Waals surface area contributed by atoms with Crippen LogP contribution in [0, 0.1) is 0 Å². The van der Waals surface area contributed by atoms with Crippen LogP contribution in [0.4, 0.5) is 24.5 Å². The Morgan fingerprint density at radius 3 is 2.40 bits per heavy atom. The Balaban J connectivity index is 1.30. The van der Waals surface area contributed by atoms with E-state index in [1.165, 1.54) is 6.07 Å². The van der Waals surface area contributed by atoms with Gasteiger partial charge in [0.15, 0.2) is 0 Å². The van der Waals surface area contributed by atoms with E-state index in [9.17, 15) is 27.6 Å². The van der Waals surface area contributed by atoms with Gasteiger partial charge < -0.3 is 20.9 Å². The van der Waals surface area contributed by atoms with E-state index in [2.05, 4.69) is 20.9 Å². The van der Waals surface area contributed by atoms with Crippen LogP contribution in [0.3, 0.4) is 0 Å².